The molecule has 1 rings (SSSR count). The highest BCUT2D eigenvalue weighted by Gasteiger charge is 2.31. The summed E-state index contributed by atoms with van der Waals surface area (Å²) in [6.07, 6.45) is 0. The molecular weight excluding hydrogens is 336 g/mol. The van der Waals surface area contributed by atoms with Crippen LogP contribution in [0.2, 0.25) is 25.7 Å². The van der Waals surface area contributed by atoms with Gasteiger partial charge in [0.2, 0.25) is 0 Å². The Morgan fingerprint density at radius 2 is 1.80 bits per heavy atom. The van der Waals surface area contributed by atoms with E-state index in [1.54, 1.807) is 7.11 Å². The topological polar surface area (TPSA) is 54.0 Å². The lowest BCUT2D eigenvalue weighted by atomic mass is 9.84. The molecular formula is C19H32O5Si. The van der Waals surface area contributed by atoms with Gasteiger partial charge in [0, 0.05) is 20.2 Å². The Morgan fingerprint density at radius 3 is 2.36 bits per heavy atom. The van der Waals surface area contributed by atoms with Crippen molar-refractivity contribution in [2.45, 2.75) is 51.6 Å². The molecule has 0 saturated heterocycles. The second-order valence-corrected chi connectivity index (χ2v) is 13.4. The molecule has 0 atom stereocenters. The number of esters is 1. The number of benzene rings is 1. The number of carbonyl (C=O) groups is 1. The first-order valence-corrected chi connectivity index (χ1v) is 12.2. The molecule has 0 radical (unpaired) electrons. The molecule has 0 N–H and O–H groups in total. The number of methoxy groups -OCH3 is 2. The van der Waals surface area contributed by atoms with Gasteiger partial charge in [-0.3, -0.25) is 4.79 Å². The number of ether oxygens (including phenoxy) is 4. The molecule has 0 aliphatic carbocycles. The summed E-state index contributed by atoms with van der Waals surface area (Å²) in [6, 6.07) is 6.77. The highest BCUT2D eigenvalue weighted by molar-refractivity contribution is 6.76. The van der Waals surface area contributed by atoms with Gasteiger partial charge in [-0.15, -0.1) is 0 Å². The summed E-state index contributed by atoms with van der Waals surface area (Å²) >= 11 is 0. The maximum absolute atomic E-state index is 12.0. The van der Waals surface area contributed by atoms with Gasteiger partial charge in [0.05, 0.1) is 26.2 Å². The molecule has 0 aromatic heterocycles. The van der Waals surface area contributed by atoms with Gasteiger partial charge in [-0.1, -0.05) is 25.7 Å². The number of hydrogen-bond acceptors (Lipinski definition) is 5. The number of hydrogen-bond donors (Lipinski definition) is 0. The highest BCUT2D eigenvalue weighted by Crippen LogP contribution is 2.29. The third kappa shape index (κ3) is 6.80. The van der Waals surface area contributed by atoms with Crippen molar-refractivity contribution in [2.24, 2.45) is 0 Å². The van der Waals surface area contributed by atoms with Crippen molar-refractivity contribution >= 4 is 14.0 Å². The summed E-state index contributed by atoms with van der Waals surface area (Å²) < 4.78 is 21.5. The van der Waals surface area contributed by atoms with Crippen LogP contribution in [0.15, 0.2) is 18.2 Å². The standard InChI is InChI=1S/C19H32O5Si/c1-19(2,18(20)22-4)16-8-9-17(21-3)15(12-16)13-24-14-23-10-11-25(5,6)7/h8-9,12H,10-11,13-14H2,1-7H3. The van der Waals surface area contributed by atoms with Gasteiger partial charge in [-0.05, 0) is 37.6 Å². The van der Waals surface area contributed by atoms with Gasteiger partial charge in [0.15, 0.2) is 0 Å². The van der Waals surface area contributed by atoms with Crippen LogP contribution in [0.1, 0.15) is 25.0 Å². The van der Waals surface area contributed by atoms with Crippen LogP contribution in [0.5, 0.6) is 5.75 Å². The van der Waals surface area contributed by atoms with Gasteiger partial charge in [0.1, 0.15) is 12.5 Å². The molecule has 0 bridgehead atoms. The molecule has 6 heteroatoms. The minimum atomic E-state index is -1.08. The van der Waals surface area contributed by atoms with E-state index in [2.05, 4.69) is 19.6 Å². The quantitative estimate of drug-likeness (QED) is 0.271. The van der Waals surface area contributed by atoms with E-state index >= 15 is 0 Å². The van der Waals surface area contributed by atoms with Crippen LogP contribution in [-0.4, -0.2) is 41.7 Å². The molecule has 0 fully saturated rings. The fraction of sp³-hybridized carbons (Fsp3) is 0.632. The summed E-state index contributed by atoms with van der Waals surface area (Å²) in [5, 5.41) is 0. The average Bonchev–Trinajstić information content (AvgIpc) is 2.55. The smallest absolute Gasteiger partial charge is 0.315 e. The van der Waals surface area contributed by atoms with Crippen LogP contribution in [0.3, 0.4) is 0 Å². The Morgan fingerprint density at radius 1 is 1.12 bits per heavy atom. The predicted octanol–water partition coefficient (Wildman–Crippen LogP) is 3.97. The normalized spacial score (nSPS) is 12.1. The zero-order valence-electron chi connectivity index (χ0n) is 16.6. The van der Waals surface area contributed by atoms with E-state index in [1.807, 2.05) is 32.0 Å². The summed E-state index contributed by atoms with van der Waals surface area (Å²) in [5.74, 6) is 0.450. The molecule has 0 amide bonds. The first-order valence-electron chi connectivity index (χ1n) is 8.53. The molecule has 1 aromatic carbocycles. The zero-order valence-corrected chi connectivity index (χ0v) is 17.6. The number of rotatable bonds is 10. The Kier molecular flexibility index (Phi) is 8.11. The summed E-state index contributed by atoms with van der Waals surface area (Å²) in [5.41, 5.74) is 1.01. The van der Waals surface area contributed by atoms with E-state index in [0.29, 0.717) is 6.61 Å². The van der Waals surface area contributed by atoms with Gasteiger partial charge < -0.3 is 18.9 Å². The third-order valence-electron chi connectivity index (χ3n) is 4.12. The molecule has 5 nitrogen and oxygen atoms in total. The molecule has 0 aliphatic heterocycles. The largest absolute Gasteiger partial charge is 0.496 e. The molecule has 1 aromatic rings. The Bertz CT molecular complexity index is 563. The van der Waals surface area contributed by atoms with E-state index < -0.39 is 13.5 Å². The number of carbonyl (C=O) groups excluding carboxylic acids is 1. The zero-order chi connectivity index (χ0) is 19.1. The molecule has 0 heterocycles. The Balaban J connectivity index is 2.69. The second-order valence-electron chi connectivity index (χ2n) is 7.83. The Labute approximate surface area is 152 Å². The minimum Gasteiger partial charge on any atom is -0.496 e. The highest BCUT2D eigenvalue weighted by atomic mass is 28.3. The van der Waals surface area contributed by atoms with Crippen molar-refractivity contribution in [3.05, 3.63) is 29.3 Å². The first kappa shape index (κ1) is 21.7. The van der Waals surface area contributed by atoms with Crippen LogP contribution < -0.4 is 4.74 Å². The lowest BCUT2D eigenvalue weighted by molar-refractivity contribution is -0.146. The molecule has 0 saturated carbocycles. The van der Waals surface area contributed by atoms with Crippen molar-refractivity contribution in [1.29, 1.82) is 0 Å². The lowest BCUT2D eigenvalue weighted by Gasteiger charge is -2.23. The molecule has 25 heavy (non-hydrogen) atoms. The van der Waals surface area contributed by atoms with Crippen LogP contribution in [0.4, 0.5) is 0 Å². The van der Waals surface area contributed by atoms with Crippen molar-refractivity contribution < 1.29 is 23.7 Å². The maximum atomic E-state index is 12.0. The first-order chi connectivity index (χ1) is 11.6. The molecule has 0 unspecified atom stereocenters. The van der Waals surface area contributed by atoms with Crippen LogP contribution in [0.25, 0.3) is 0 Å². The van der Waals surface area contributed by atoms with Crippen molar-refractivity contribution in [3.8, 4) is 5.75 Å². The summed E-state index contributed by atoms with van der Waals surface area (Å²) in [4.78, 5) is 12.0. The SMILES string of the molecule is COC(=O)C(C)(C)c1ccc(OC)c(COCOCC[Si](C)(C)C)c1. The monoisotopic (exact) mass is 368 g/mol. The summed E-state index contributed by atoms with van der Waals surface area (Å²) in [6.45, 7) is 12.0. The molecule has 142 valence electrons. The van der Waals surface area contributed by atoms with E-state index in [1.165, 1.54) is 7.11 Å². The van der Waals surface area contributed by atoms with Crippen molar-refractivity contribution in [3.63, 3.8) is 0 Å². The minimum absolute atomic E-state index is 0.248. The summed E-state index contributed by atoms with van der Waals surface area (Å²) in [7, 11) is 1.93. The van der Waals surface area contributed by atoms with Gasteiger partial charge in [0.25, 0.3) is 0 Å². The van der Waals surface area contributed by atoms with Gasteiger partial charge in [-0.2, -0.15) is 0 Å². The fourth-order valence-electron chi connectivity index (χ4n) is 2.30. The van der Waals surface area contributed by atoms with Gasteiger partial charge >= 0.3 is 5.97 Å². The lowest BCUT2D eigenvalue weighted by Crippen LogP contribution is -2.30. The van der Waals surface area contributed by atoms with E-state index in [4.69, 9.17) is 18.9 Å². The predicted molar refractivity (Wildman–Crippen MR) is 102 cm³/mol. The molecule has 0 spiro atoms. The second kappa shape index (κ2) is 9.36. The fourth-order valence-corrected chi connectivity index (χ4v) is 3.06. The van der Waals surface area contributed by atoms with Crippen molar-refractivity contribution in [1.82, 2.24) is 0 Å². The van der Waals surface area contributed by atoms with Gasteiger partial charge in [-0.25, -0.2) is 0 Å². The van der Waals surface area contributed by atoms with Crippen molar-refractivity contribution in [2.75, 3.05) is 27.6 Å². The van der Waals surface area contributed by atoms with E-state index in [0.717, 1.165) is 29.5 Å². The van der Waals surface area contributed by atoms with Crippen LogP contribution in [0, 0.1) is 0 Å². The third-order valence-corrected chi connectivity index (χ3v) is 5.82. The van der Waals surface area contributed by atoms with Crippen LogP contribution in [-0.2, 0) is 31.0 Å². The average molecular weight is 369 g/mol. The Hall–Kier alpha value is -1.37. The van der Waals surface area contributed by atoms with E-state index in [-0.39, 0.29) is 12.8 Å². The van der Waals surface area contributed by atoms with E-state index in [9.17, 15) is 4.79 Å². The maximum Gasteiger partial charge on any atom is 0.315 e. The van der Waals surface area contributed by atoms with Crippen LogP contribution >= 0.6 is 0 Å². The molecule has 0 aliphatic rings.